The van der Waals surface area contributed by atoms with Crippen molar-refractivity contribution < 1.29 is 14.3 Å². The van der Waals surface area contributed by atoms with Crippen molar-refractivity contribution in [2.75, 3.05) is 20.3 Å². The van der Waals surface area contributed by atoms with Gasteiger partial charge in [0.1, 0.15) is 6.04 Å². The van der Waals surface area contributed by atoms with Crippen LogP contribution in [0, 0.1) is 5.92 Å². The lowest BCUT2D eigenvalue weighted by Crippen LogP contribution is -2.42. The van der Waals surface area contributed by atoms with Crippen LogP contribution in [0.25, 0.3) is 0 Å². The third-order valence-corrected chi connectivity index (χ3v) is 3.40. The molecule has 0 bridgehead atoms. The molecular weight excluding hydrogens is 230 g/mol. The van der Waals surface area contributed by atoms with Gasteiger partial charge in [-0.25, -0.2) is 0 Å². The Balaban J connectivity index is 2.17. The van der Waals surface area contributed by atoms with Gasteiger partial charge in [0.2, 0.25) is 0 Å². The Morgan fingerprint density at radius 2 is 2.00 bits per heavy atom. The second-order valence-electron chi connectivity index (χ2n) is 5.41. The average molecular weight is 257 g/mol. The molecule has 0 radical (unpaired) electrons. The van der Waals surface area contributed by atoms with Gasteiger partial charge in [-0.1, -0.05) is 26.7 Å². The maximum Gasteiger partial charge on any atom is 0.322 e. The lowest BCUT2D eigenvalue weighted by molar-refractivity contribution is -0.143. The second-order valence-corrected chi connectivity index (χ2v) is 5.41. The fourth-order valence-electron chi connectivity index (χ4n) is 2.44. The first-order valence-corrected chi connectivity index (χ1v) is 7.05. The summed E-state index contributed by atoms with van der Waals surface area (Å²) in [6.07, 6.45) is 5.95. The van der Waals surface area contributed by atoms with Crippen molar-refractivity contribution >= 4 is 5.97 Å². The first-order valence-electron chi connectivity index (χ1n) is 7.05. The molecular formula is C14H27NO3. The van der Waals surface area contributed by atoms with Gasteiger partial charge in [-0.05, 0) is 25.2 Å². The molecule has 0 amide bonds. The Morgan fingerprint density at radius 1 is 1.33 bits per heavy atom. The minimum Gasteiger partial charge on any atom is -0.468 e. The van der Waals surface area contributed by atoms with E-state index in [0.29, 0.717) is 13.0 Å². The normalized spacial score (nSPS) is 18.2. The van der Waals surface area contributed by atoms with Crippen molar-refractivity contribution in [3.05, 3.63) is 0 Å². The van der Waals surface area contributed by atoms with Gasteiger partial charge >= 0.3 is 5.97 Å². The van der Waals surface area contributed by atoms with Crippen molar-refractivity contribution in [1.82, 2.24) is 5.32 Å². The van der Waals surface area contributed by atoms with Gasteiger partial charge < -0.3 is 14.8 Å². The molecule has 0 aromatic rings. The van der Waals surface area contributed by atoms with E-state index in [1.807, 2.05) is 13.8 Å². The number of ether oxygens (including phenoxy) is 2. The SMILES string of the molecule is COC(=O)C(CCOCC1CCCC1)NC(C)C. The summed E-state index contributed by atoms with van der Waals surface area (Å²) in [4.78, 5) is 11.6. The quantitative estimate of drug-likeness (QED) is 0.534. The van der Waals surface area contributed by atoms with Crippen LogP contribution < -0.4 is 5.32 Å². The summed E-state index contributed by atoms with van der Waals surface area (Å²) in [5.74, 6) is 0.535. The number of carbonyl (C=O) groups is 1. The lowest BCUT2D eigenvalue weighted by atomic mass is 10.1. The standard InChI is InChI=1S/C14H27NO3/c1-11(2)15-13(14(16)17-3)8-9-18-10-12-6-4-5-7-12/h11-13,15H,4-10H2,1-3H3. The monoisotopic (exact) mass is 257 g/mol. The van der Waals surface area contributed by atoms with E-state index in [1.54, 1.807) is 0 Å². The summed E-state index contributed by atoms with van der Waals surface area (Å²) < 4.78 is 10.5. The number of hydrogen-bond acceptors (Lipinski definition) is 4. The molecule has 0 heterocycles. The molecule has 0 saturated heterocycles. The molecule has 18 heavy (non-hydrogen) atoms. The van der Waals surface area contributed by atoms with Crippen molar-refractivity contribution in [3.8, 4) is 0 Å². The largest absolute Gasteiger partial charge is 0.468 e. The predicted molar refractivity (Wildman–Crippen MR) is 71.5 cm³/mol. The van der Waals surface area contributed by atoms with E-state index < -0.39 is 0 Å². The van der Waals surface area contributed by atoms with Gasteiger partial charge in [0.25, 0.3) is 0 Å². The van der Waals surface area contributed by atoms with Crippen LogP contribution in [0.2, 0.25) is 0 Å². The highest BCUT2D eigenvalue weighted by Crippen LogP contribution is 2.24. The highest BCUT2D eigenvalue weighted by molar-refractivity contribution is 5.75. The number of nitrogens with one attached hydrogen (secondary N) is 1. The van der Waals surface area contributed by atoms with E-state index >= 15 is 0 Å². The summed E-state index contributed by atoms with van der Waals surface area (Å²) in [5.41, 5.74) is 0. The number of rotatable bonds is 8. The molecule has 1 rings (SSSR count). The maximum absolute atomic E-state index is 11.6. The molecule has 1 aliphatic carbocycles. The van der Waals surface area contributed by atoms with Gasteiger partial charge in [0, 0.05) is 19.3 Å². The predicted octanol–water partition coefficient (Wildman–Crippen LogP) is 2.12. The Morgan fingerprint density at radius 3 is 2.56 bits per heavy atom. The van der Waals surface area contributed by atoms with E-state index in [4.69, 9.17) is 9.47 Å². The fourth-order valence-corrected chi connectivity index (χ4v) is 2.44. The molecule has 1 unspecified atom stereocenters. The molecule has 0 aromatic heterocycles. The van der Waals surface area contributed by atoms with Crippen molar-refractivity contribution in [1.29, 1.82) is 0 Å². The summed E-state index contributed by atoms with van der Waals surface area (Å²) in [6.45, 7) is 5.51. The molecule has 1 aliphatic rings. The van der Waals surface area contributed by atoms with Gasteiger partial charge in [0.05, 0.1) is 7.11 Å². The van der Waals surface area contributed by atoms with Crippen LogP contribution in [0.15, 0.2) is 0 Å². The van der Waals surface area contributed by atoms with Crippen LogP contribution in [-0.4, -0.2) is 38.4 Å². The molecule has 0 aliphatic heterocycles. The smallest absolute Gasteiger partial charge is 0.322 e. The van der Waals surface area contributed by atoms with E-state index in [0.717, 1.165) is 12.5 Å². The second kappa shape index (κ2) is 8.48. The van der Waals surface area contributed by atoms with E-state index in [2.05, 4.69) is 5.32 Å². The summed E-state index contributed by atoms with van der Waals surface area (Å²) in [6, 6.07) is 0.0162. The Bertz CT molecular complexity index is 237. The van der Waals surface area contributed by atoms with Gasteiger partial charge in [-0.3, -0.25) is 4.79 Å². The molecule has 1 atom stereocenters. The summed E-state index contributed by atoms with van der Waals surface area (Å²) in [5, 5.41) is 3.20. The number of methoxy groups -OCH3 is 1. The Kier molecular flexibility index (Phi) is 7.28. The summed E-state index contributed by atoms with van der Waals surface area (Å²) >= 11 is 0. The van der Waals surface area contributed by atoms with Crippen molar-refractivity contribution in [2.45, 2.75) is 58.0 Å². The van der Waals surface area contributed by atoms with Crippen molar-refractivity contribution in [2.24, 2.45) is 5.92 Å². The fraction of sp³-hybridized carbons (Fsp3) is 0.929. The van der Waals surface area contributed by atoms with Crippen molar-refractivity contribution in [3.63, 3.8) is 0 Å². The molecule has 0 spiro atoms. The third kappa shape index (κ3) is 5.83. The molecule has 1 saturated carbocycles. The highest BCUT2D eigenvalue weighted by atomic mass is 16.5. The van der Waals surface area contributed by atoms with E-state index in [9.17, 15) is 4.79 Å². The molecule has 1 N–H and O–H groups in total. The molecule has 0 aromatic carbocycles. The molecule has 4 heteroatoms. The minimum absolute atomic E-state index is 0.201. The van der Waals surface area contributed by atoms with Gasteiger partial charge in [0.15, 0.2) is 0 Å². The zero-order valence-electron chi connectivity index (χ0n) is 11.9. The first-order chi connectivity index (χ1) is 8.63. The molecule has 4 nitrogen and oxygen atoms in total. The lowest BCUT2D eigenvalue weighted by Gasteiger charge is -2.19. The van der Waals surface area contributed by atoms with Gasteiger partial charge in [-0.2, -0.15) is 0 Å². The average Bonchev–Trinajstić information content (AvgIpc) is 2.84. The van der Waals surface area contributed by atoms with Crippen LogP contribution >= 0.6 is 0 Å². The number of esters is 1. The molecule has 106 valence electrons. The third-order valence-electron chi connectivity index (χ3n) is 3.40. The topological polar surface area (TPSA) is 47.6 Å². The van der Waals surface area contributed by atoms with E-state index in [1.165, 1.54) is 32.8 Å². The van der Waals surface area contributed by atoms with Crippen LogP contribution in [-0.2, 0) is 14.3 Å². The Hall–Kier alpha value is -0.610. The molecule has 1 fully saturated rings. The van der Waals surface area contributed by atoms with Crippen LogP contribution in [0.3, 0.4) is 0 Å². The maximum atomic E-state index is 11.6. The Labute approximate surface area is 110 Å². The number of hydrogen-bond donors (Lipinski definition) is 1. The zero-order chi connectivity index (χ0) is 13.4. The zero-order valence-corrected chi connectivity index (χ0v) is 11.9. The van der Waals surface area contributed by atoms with Gasteiger partial charge in [-0.15, -0.1) is 0 Å². The highest BCUT2D eigenvalue weighted by Gasteiger charge is 2.20. The number of carbonyl (C=O) groups excluding carboxylic acids is 1. The van der Waals surface area contributed by atoms with Crippen LogP contribution in [0.5, 0.6) is 0 Å². The van der Waals surface area contributed by atoms with Crippen LogP contribution in [0.4, 0.5) is 0 Å². The van der Waals surface area contributed by atoms with E-state index in [-0.39, 0.29) is 18.1 Å². The minimum atomic E-state index is -0.251. The van der Waals surface area contributed by atoms with Crippen LogP contribution in [0.1, 0.15) is 46.0 Å². The first kappa shape index (κ1) is 15.4. The summed E-state index contributed by atoms with van der Waals surface area (Å²) in [7, 11) is 1.43.